The highest BCUT2D eigenvalue weighted by Gasteiger charge is 2.26. The Morgan fingerprint density at radius 3 is 2.37 bits per heavy atom. The summed E-state index contributed by atoms with van der Waals surface area (Å²) in [6, 6.07) is 9.96. The molecule has 1 aromatic carbocycles. The molecule has 10 heteroatoms. The number of urea groups is 1. The molecule has 0 unspecified atom stereocenters. The fourth-order valence-corrected chi connectivity index (χ4v) is 5.74. The van der Waals surface area contributed by atoms with Crippen LogP contribution < -0.4 is 15.0 Å². The third kappa shape index (κ3) is 8.76. The number of pyridine rings is 1. The number of morpholine rings is 1. The summed E-state index contributed by atoms with van der Waals surface area (Å²) in [5.74, 6) is 2.10. The molecular weight excluding hydrogens is 542 g/mol. The number of piperidine rings is 1. The van der Waals surface area contributed by atoms with Crippen molar-refractivity contribution in [3.05, 3.63) is 48.5 Å². The predicted molar refractivity (Wildman–Crippen MR) is 173 cm³/mol. The van der Waals surface area contributed by atoms with Crippen LogP contribution in [0.25, 0.3) is 10.9 Å². The third-order valence-corrected chi connectivity index (χ3v) is 8.02. The average molecular weight is 592 g/mol. The summed E-state index contributed by atoms with van der Waals surface area (Å²) in [6.07, 6.45) is 7.56. The normalized spacial score (nSPS) is 17.5. The van der Waals surface area contributed by atoms with Gasteiger partial charge in [0.05, 0.1) is 36.3 Å². The largest absolute Gasteiger partial charge is 0.492 e. The van der Waals surface area contributed by atoms with Gasteiger partial charge in [0.1, 0.15) is 24.5 Å². The molecule has 0 aliphatic carbocycles. The predicted octanol–water partition coefficient (Wildman–Crippen LogP) is 5.80. The highest BCUT2D eigenvalue weighted by molar-refractivity contribution is 5.89. The molecule has 2 amide bonds. The second-order valence-electron chi connectivity index (χ2n) is 10.5. The van der Waals surface area contributed by atoms with E-state index in [2.05, 4.69) is 36.1 Å². The van der Waals surface area contributed by atoms with Gasteiger partial charge in [0.15, 0.2) is 0 Å². The molecule has 0 atom stereocenters. The Morgan fingerprint density at radius 2 is 1.67 bits per heavy atom. The molecule has 5 heterocycles. The van der Waals surface area contributed by atoms with Crippen LogP contribution in [0.3, 0.4) is 0 Å². The number of hydrogen-bond acceptors (Lipinski definition) is 8. The van der Waals surface area contributed by atoms with Gasteiger partial charge in [-0.2, -0.15) is 0 Å². The molecule has 1 N–H and O–H groups in total. The molecule has 0 spiro atoms. The number of carbonyl (C=O) groups is 1. The van der Waals surface area contributed by atoms with Gasteiger partial charge >= 0.3 is 6.03 Å². The second kappa shape index (κ2) is 17.0. The Hall–Kier alpha value is -3.50. The maximum atomic E-state index is 12.9. The van der Waals surface area contributed by atoms with E-state index in [0.717, 1.165) is 92.6 Å². The molecule has 0 radical (unpaired) electrons. The van der Waals surface area contributed by atoms with E-state index in [0.29, 0.717) is 19.7 Å². The van der Waals surface area contributed by atoms with Crippen molar-refractivity contribution in [2.24, 2.45) is 0 Å². The van der Waals surface area contributed by atoms with Crippen molar-refractivity contribution in [3.8, 4) is 5.75 Å². The van der Waals surface area contributed by atoms with Crippen LogP contribution in [-0.2, 0) is 4.74 Å². The van der Waals surface area contributed by atoms with Crippen molar-refractivity contribution in [2.75, 3.05) is 75.9 Å². The summed E-state index contributed by atoms with van der Waals surface area (Å²) in [5, 5.41) is 4.07. The third-order valence-electron chi connectivity index (χ3n) is 8.02. The summed E-state index contributed by atoms with van der Waals surface area (Å²) in [5.41, 5.74) is 2.69. The molecule has 3 aliphatic heterocycles. The minimum Gasteiger partial charge on any atom is -0.492 e. The number of nitrogens with one attached hydrogen (secondary N) is 1. The van der Waals surface area contributed by atoms with Gasteiger partial charge in [-0.25, -0.2) is 19.7 Å². The van der Waals surface area contributed by atoms with Crippen molar-refractivity contribution in [1.29, 1.82) is 0 Å². The van der Waals surface area contributed by atoms with Crippen LogP contribution in [0.15, 0.2) is 42.9 Å². The number of ether oxygens (including phenoxy) is 2. The Bertz CT molecular complexity index is 1250. The number of nitrogens with zero attached hydrogens (tertiary/aromatic N) is 6. The smallest absolute Gasteiger partial charge is 0.321 e. The number of fused-ring (bicyclic) bond motifs is 1. The summed E-state index contributed by atoms with van der Waals surface area (Å²) >= 11 is 0. The van der Waals surface area contributed by atoms with E-state index in [-0.39, 0.29) is 11.9 Å². The number of anilines is 2. The van der Waals surface area contributed by atoms with E-state index in [4.69, 9.17) is 9.47 Å². The minimum absolute atomic E-state index is 0.0735. The fraction of sp³-hybridized carbons (Fsp3) is 0.576. The van der Waals surface area contributed by atoms with Crippen LogP contribution in [0, 0.1) is 0 Å². The van der Waals surface area contributed by atoms with Gasteiger partial charge in [0.2, 0.25) is 0 Å². The maximum Gasteiger partial charge on any atom is 0.321 e. The Morgan fingerprint density at radius 1 is 0.930 bits per heavy atom. The monoisotopic (exact) mass is 591 g/mol. The molecule has 43 heavy (non-hydrogen) atoms. The molecule has 234 valence electrons. The van der Waals surface area contributed by atoms with Crippen molar-refractivity contribution < 1.29 is 14.3 Å². The molecule has 3 aliphatic rings. The van der Waals surface area contributed by atoms with Crippen molar-refractivity contribution in [3.63, 3.8) is 0 Å². The van der Waals surface area contributed by atoms with Gasteiger partial charge < -0.3 is 24.6 Å². The summed E-state index contributed by atoms with van der Waals surface area (Å²) in [4.78, 5) is 33.2. The fourth-order valence-electron chi connectivity index (χ4n) is 5.74. The molecular formula is C33H49N7O3. The lowest BCUT2D eigenvalue weighted by Gasteiger charge is -2.32. The molecule has 2 aromatic heterocycles. The lowest BCUT2D eigenvalue weighted by molar-refractivity contribution is 0.0322. The quantitative estimate of drug-likeness (QED) is 0.368. The Kier molecular flexibility index (Phi) is 12.8. The SMILES string of the molecule is CC.CC.O=C(Nc1ccc(N2CCCC2)nc1)N1CCC(c2ncnc3cc(OCCN4CCOCC4)ccc23)CC1. The lowest BCUT2D eigenvalue weighted by Crippen LogP contribution is -2.40. The number of amides is 2. The van der Waals surface area contributed by atoms with Crippen molar-refractivity contribution >= 4 is 28.4 Å². The van der Waals surface area contributed by atoms with E-state index in [1.165, 1.54) is 12.8 Å². The number of aromatic nitrogens is 3. The van der Waals surface area contributed by atoms with Gasteiger partial charge in [0, 0.05) is 63.2 Å². The Balaban J connectivity index is 0.00000102. The molecule has 3 aromatic rings. The first-order chi connectivity index (χ1) is 21.2. The number of benzene rings is 1. The number of carbonyl (C=O) groups excluding carboxylic acids is 1. The maximum absolute atomic E-state index is 12.9. The number of hydrogen-bond donors (Lipinski definition) is 1. The van der Waals surface area contributed by atoms with Crippen molar-refractivity contribution in [2.45, 2.75) is 59.3 Å². The summed E-state index contributed by atoms with van der Waals surface area (Å²) < 4.78 is 11.4. The molecule has 0 bridgehead atoms. The first kappa shape index (κ1) is 32.4. The van der Waals surface area contributed by atoms with Gasteiger partial charge in [0.25, 0.3) is 0 Å². The highest BCUT2D eigenvalue weighted by Crippen LogP contribution is 2.32. The van der Waals surface area contributed by atoms with E-state index in [1.54, 1.807) is 12.5 Å². The zero-order valence-electron chi connectivity index (χ0n) is 26.4. The average Bonchev–Trinajstić information content (AvgIpc) is 3.63. The number of likely N-dealkylation sites (tertiary alicyclic amines) is 1. The van der Waals surface area contributed by atoms with Crippen molar-refractivity contribution in [1.82, 2.24) is 24.8 Å². The molecule has 10 nitrogen and oxygen atoms in total. The van der Waals surface area contributed by atoms with Crippen LogP contribution in [0.2, 0.25) is 0 Å². The highest BCUT2D eigenvalue weighted by atomic mass is 16.5. The van der Waals surface area contributed by atoms with Crippen LogP contribution >= 0.6 is 0 Å². The molecule has 0 saturated carbocycles. The Labute approximate surface area is 256 Å². The van der Waals surface area contributed by atoms with E-state index >= 15 is 0 Å². The van der Waals surface area contributed by atoms with Crippen LogP contribution in [0.4, 0.5) is 16.3 Å². The van der Waals surface area contributed by atoms with Crippen LogP contribution in [0.1, 0.15) is 65.0 Å². The lowest BCUT2D eigenvalue weighted by atomic mass is 9.91. The zero-order chi connectivity index (χ0) is 30.4. The molecule has 6 rings (SSSR count). The zero-order valence-corrected chi connectivity index (χ0v) is 26.4. The first-order valence-electron chi connectivity index (χ1n) is 16.2. The standard InChI is InChI=1S/C29H37N7O3.2C2H6/c37-29(33-23-3-6-27(30-20-23)35-9-1-2-10-35)36-11-7-22(8-12-36)28-25-5-4-24(19-26(25)31-21-32-28)39-18-15-34-13-16-38-17-14-34;2*1-2/h3-6,19-22H,1-2,7-18H2,(H,33,37);2*1-2H3. The second-order valence-corrected chi connectivity index (χ2v) is 10.5. The topological polar surface area (TPSA) is 96.0 Å². The van der Waals surface area contributed by atoms with Crippen LogP contribution in [0.5, 0.6) is 5.75 Å². The summed E-state index contributed by atoms with van der Waals surface area (Å²) in [7, 11) is 0. The first-order valence-corrected chi connectivity index (χ1v) is 16.2. The summed E-state index contributed by atoms with van der Waals surface area (Å²) in [6.45, 7) is 16.5. The van der Waals surface area contributed by atoms with E-state index < -0.39 is 0 Å². The number of rotatable bonds is 7. The van der Waals surface area contributed by atoms with Gasteiger partial charge in [-0.05, 0) is 49.9 Å². The molecule has 3 saturated heterocycles. The van der Waals surface area contributed by atoms with Gasteiger partial charge in [-0.15, -0.1) is 0 Å². The van der Waals surface area contributed by atoms with E-state index in [9.17, 15) is 4.79 Å². The van der Waals surface area contributed by atoms with Gasteiger partial charge in [-0.1, -0.05) is 27.7 Å². The van der Waals surface area contributed by atoms with E-state index in [1.807, 2.05) is 56.9 Å². The van der Waals surface area contributed by atoms with Crippen LogP contribution in [-0.4, -0.2) is 96.4 Å². The molecule has 3 fully saturated rings. The minimum atomic E-state index is -0.0735. The van der Waals surface area contributed by atoms with Gasteiger partial charge in [-0.3, -0.25) is 4.90 Å².